The number of benzene rings is 1. The van der Waals surface area contributed by atoms with Crippen molar-refractivity contribution in [2.45, 2.75) is 48.7 Å². The van der Waals surface area contributed by atoms with Gasteiger partial charge >= 0.3 is 0 Å². The van der Waals surface area contributed by atoms with Gasteiger partial charge in [-0.3, -0.25) is 0 Å². The van der Waals surface area contributed by atoms with Gasteiger partial charge in [-0.15, -0.1) is 0 Å². The number of hydrogen-bond acceptors (Lipinski definition) is 4. The second kappa shape index (κ2) is 5.35. The molecule has 2 unspecified atom stereocenters. The first kappa shape index (κ1) is 13.9. The van der Waals surface area contributed by atoms with Gasteiger partial charge < -0.3 is 10.1 Å². The molecule has 2 heterocycles. The minimum absolute atomic E-state index is 0.0173. The zero-order valence-electron chi connectivity index (χ0n) is 11.5. The minimum atomic E-state index is -3.52. The first-order chi connectivity index (χ1) is 9.58. The van der Waals surface area contributed by atoms with E-state index in [0.717, 1.165) is 25.7 Å². The third kappa shape index (κ3) is 2.68. The molecule has 1 aromatic carbocycles. The molecule has 5 nitrogen and oxygen atoms in total. The van der Waals surface area contributed by atoms with Crippen molar-refractivity contribution >= 4 is 10.0 Å². The van der Waals surface area contributed by atoms with Crippen LogP contribution in [0, 0.1) is 0 Å². The fraction of sp³-hybridized carbons (Fsp3) is 0.571. The number of fused-ring (bicyclic) bond motifs is 2. The third-order valence-electron chi connectivity index (χ3n) is 4.15. The number of para-hydroxylation sites is 1. The highest BCUT2D eigenvalue weighted by Crippen LogP contribution is 2.29. The van der Waals surface area contributed by atoms with E-state index in [9.17, 15) is 8.42 Å². The maximum absolute atomic E-state index is 12.5. The summed E-state index contributed by atoms with van der Waals surface area (Å²) in [4.78, 5) is 0.216. The zero-order chi connectivity index (χ0) is 14.2. The smallest absolute Gasteiger partial charge is 0.244 e. The van der Waals surface area contributed by atoms with Gasteiger partial charge in [0.1, 0.15) is 10.6 Å². The summed E-state index contributed by atoms with van der Waals surface area (Å²) >= 11 is 0. The highest BCUT2D eigenvalue weighted by molar-refractivity contribution is 7.89. The molecule has 0 aromatic heterocycles. The Balaban J connectivity index is 1.78. The largest absolute Gasteiger partial charge is 0.495 e. The molecule has 110 valence electrons. The van der Waals surface area contributed by atoms with E-state index in [0.29, 0.717) is 17.8 Å². The van der Waals surface area contributed by atoms with Crippen molar-refractivity contribution in [3.05, 3.63) is 24.3 Å². The van der Waals surface area contributed by atoms with Gasteiger partial charge in [0.2, 0.25) is 10.0 Å². The van der Waals surface area contributed by atoms with E-state index in [1.165, 1.54) is 7.11 Å². The fourth-order valence-corrected chi connectivity index (χ4v) is 4.71. The molecule has 0 aliphatic carbocycles. The summed E-state index contributed by atoms with van der Waals surface area (Å²) in [6, 6.07) is 7.66. The van der Waals surface area contributed by atoms with E-state index in [1.54, 1.807) is 24.3 Å². The van der Waals surface area contributed by atoms with Gasteiger partial charge in [-0.1, -0.05) is 12.1 Å². The highest BCUT2D eigenvalue weighted by atomic mass is 32.2. The lowest BCUT2D eigenvalue weighted by Crippen LogP contribution is -2.47. The first-order valence-electron chi connectivity index (χ1n) is 7.00. The standard InChI is InChI=1S/C14H20N2O3S/c1-19-13-4-2-3-5-14(13)20(17,18)16-12-8-10-6-7-11(9-12)15-10/h2-5,10-12,15-16H,6-9H2,1H3. The number of methoxy groups -OCH3 is 1. The summed E-state index contributed by atoms with van der Waals surface area (Å²) in [6.45, 7) is 0. The maximum Gasteiger partial charge on any atom is 0.244 e. The topological polar surface area (TPSA) is 67.4 Å². The number of rotatable bonds is 4. The van der Waals surface area contributed by atoms with Gasteiger partial charge in [0.25, 0.3) is 0 Å². The second-order valence-corrected chi connectivity index (χ2v) is 7.26. The summed E-state index contributed by atoms with van der Waals surface area (Å²) in [5, 5.41) is 3.51. The van der Waals surface area contributed by atoms with Gasteiger partial charge in [0, 0.05) is 18.1 Å². The summed E-state index contributed by atoms with van der Waals surface area (Å²) in [5.41, 5.74) is 0. The van der Waals surface area contributed by atoms with Crippen LogP contribution >= 0.6 is 0 Å². The number of sulfonamides is 1. The van der Waals surface area contributed by atoms with Gasteiger partial charge in [-0.25, -0.2) is 13.1 Å². The molecule has 2 saturated heterocycles. The normalized spacial score (nSPS) is 29.4. The van der Waals surface area contributed by atoms with E-state index in [-0.39, 0.29) is 10.9 Å². The molecule has 2 aliphatic rings. The van der Waals surface area contributed by atoms with E-state index >= 15 is 0 Å². The molecule has 2 atom stereocenters. The van der Waals surface area contributed by atoms with Crippen molar-refractivity contribution in [1.82, 2.24) is 10.0 Å². The van der Waals surface area contributed by atoms with Crippen LogP contribution in [0.2, 0.25) is 0 Å². The Bertz CT molecular complexity index is 576. The average molecular weight is 296 g/mol. The Hall–Kier alpha value is -1.11. The average Bonchev–Trinajstić information content (AvgIpc) is 2.77. The van der Waals surface area contributed by atoms with E-state index in [4.69, 9.17) is 4.74 Å². The summed E-state index contributed by atoms with van der Waals surface area (Å²) in [7, 11) is -2.04. The molecule has 2 bridgehead atoms. The van der Waals surface area contributed by atoms with Gasteiger partial charge in [-0.05, 0) is 37.8 Å². The Morgan fingerprint density at radius 2 is 1.85 bits per heavy atom. The molecule has 2 N–H and O–H groups in total. The van der Waals surface area contributed by atoms with Crippen molar-refractivity contribution in [1.29, 1.82) is 0 Å². The van der Waals surface area contributed by atoms with Crippen molar-refractivity contribution in [3.63, 3.8) is 0 Å². The van der Waals surface area contributed by atoms with E-state index in [1.807, 2.05) is 0 Å². The lowest BCUT2D eigenvalue weighted by Gasteiger charge is -2.29. The lowest BCUT2D eigenvalue weighted by molar-refractivity contribution is 0.344. The Morgan fingerprint density at radius 1 is 1.20 bits per heavy atom. The molecule has 1 aromatic rings. The predicted octanol–water partition coefficient (Wildman–Crippen LogP) is 1.26. The molecule has 0 saturated carbocycles. The van der Waals surface area contributed by atoms with Crippen LogP contribution < -0.4 is 14.8 Å². The van der Waals surface area contributed by atoms with Crippen molar-refractivity contribution in [3.8, 4) is 5.75 Å². The molecular formula is C14H20N2O3S. The Labute approximate surface area is 119 Å². The maximum atomic E-state index is 12.5. The van der Waals surface area contributed by atoms with Crippen LogP contribution in [0.4, 0.5) is 0 Å². The molecule has 2 fully saturated rings. The lowest BCUT2D eigenvalue weighted by atomic mass is 10.0. The molecule has 6 heteroatoms. The molecule has 0 spiro atoms. The predicted molar refractivity (Wildman–Crippen MR) is 76.3 cm³/mol. The number of piperidine rings is 1. The highest BCUT2D eigenvalue weighted by Gasteiger charge is 2.35. The molecule has 0 amide bonds. The SMILES string of the molecule is COc1ccccc1S(=O)(=O)NC1CC2CCC(C1)N2. The Kier molecular flexibility index (Phi) is 3.70. The zero-order valence-corrected chi connectivity index (χ0v) is 12.3. The summed E-state index contributed by atoms with van der Waals surface area (Å²) in [6.07, 6.45) is 4.03. The van der Waals surface area contributed by atoms with Crippen LogP contribution in [0.1, 0.15) is 25.7 Å². The van der Waals surface area contributed by atoms with Gasteiger partial charge in [0.15, 0.2) is 0 Å². The van der Waals surface area contributed by atoms with Gasteiger partial charge in [-0.2, -0.15) is 0 Å². The summed E-state index contributed by atoms with van der Waals surface area (Å²) < 4.78 is 33.0. The Morgan fingerprint density at radius 3 is 2.50 bits per heavy atom. The van der Waals surface area contributed by atoms with Crippen molar-refractivity contribution in [2.24, 2.45) is 0 Å². The van der Waals surface area contributed by atoms with Crippen LogP contribution in [-0.2, 0) is 10.0 Å². The van der Waals surface area contributed by atoms with Crippen LogP contribution in [0.25, 0.3) is 0 Å². The van der Waals surface area contributed by atoms with Crippen LogP contribution in [0.15, 0.2) is 29.2 Å². The monoisotopic (exact) mass is 296 g/mol. The van der Waals surface area contributed by atoms with E-state index < -0.39 is 10.0 Å². The van der Waals surface area contributed by atoms with E-state index in [2.05, 4.69) is 10.0 Å². The number of nitrogens with one attached hydrogen (secondary N) is 2. The molecule has 0 radical (unpaired) electrons. The van der Waals surface area contributed by atoms with Crippen LogP contribution in [0.5, 0.6) is 5.75 Å². The fourth-order valence-electron chi connectivity index (χ4n) is 3.28. The van der Waals surface area contributed by atoms with Crippen LogP contribution in [0.3, 0.4) is 0 Å². The van der Waals surface area contributed by atoms with Crippen LogP contribution in [-0.4, -0.2) is 33.7 Å². The number of hydrogen-bond donors (Lipinski definition) is 2. The second-order valence-electron chi connectivity index (χ2n) is 5.58. The van der Waals surface area contributed by atoms with Crippen molar-refractivity contribution < 1.29 is 13.2 Å². The minimum Gasteiger partial charge on any atom is -0.495 e. The van der Waals surface area contributed by atoms with Crippen molar-refractivity contribution in [2.75, 3.05) is 7.11 Å². The molecule has 3 rings (SSSR count). The first-order valence-corrected chi connectivity index (χ1v) is 8.48. The molecule has 20 heavy (non-hydrogen) atoms. The number of ether oxygens (including phenoxy) is 1. The van der Waals surface area contributed by atoms with Gasteiger partial charge in [0.05, 0.1) is 7.11 Å². The third-order valence-corrected chi connectivity index (χ3v) is 5.71. The summed E-state index contributed by atoms with van der Waals surface area (Å²) in [5.74, 6) is 0.386. The molecular weight excluding hydrogens is 276 g/mol. The molecule has 2 aliphatic heterocycles. The quantitative estimate of drug-likeness (QED) is 0.878.